The van der Waals surface area contributed by atoms with Crippen molar-refractivity contribution in [3.63, 3.8) is 0 Å². The summed E-state index contributed by atoms with van der Waals surface area (Å²) in [5.41, 5.74) is 1.23. The lowest BCUT2D eigenvalue weighted by molar-refractivity contribution is 0.0129. The van der Waals surface area contributed by atoms with Crippen molar-refractivity contribution < 1.29 is 9.53 Å². The number of carbonyl (C=O) groups excluding carboxylic acids is 1. The van der Waals surface area contributed by atoms with Gasteiger partial charge in [0.1, 0.15) is 29.4 Å². The van der Waals surface area contributed by atoms with E-state index >= 15 is 0 Å². The third-order valence-electron chi connectivity index (χ3n) is 7.40. The fourth-order valence-corrected chi connectivity index (χ4v) is 5.55. The number of amides is 1. The number of nitriles is 1. The summed E-state index contributed by atoms with van der Waals surface area (Å²) in [6.07, 6.45) is 6.37. The van der Waals surface area contributed by atoms with E-state index in [1.165, 1.54) is 12.0 Å². The summed E-state index contributed by atoms with van der Waals surface area (Å²) in [5, 5.41) is 9.39. The number of carbonyl (C=O) groups is 1. The average Bonchev–Trinajstić information content (AvgIpc) is 3.16. The highest BCUT2D eigenvalue weighted by molar-refractivity contribution is 5.75. The Morgan fingerprint density at radius 3 is 2.54 bits per heavy atom. The second-order valence-electron chi connectivity index (χ2n) is 11.1. The Bertz CT molecular complexity index is 1180. The normalized spacial score (nSPS) is 23.0. The van der Waals surface area contributed by atoms with Crippen LogP contribution in [0.5, 0.6) is 0 Å². The Labute approximate surface area is 206 Å². The van der Waals surface area contributed by atoms with Crippen LogP contribution in [0.2, 0.25) is 0 Å². The van der Waals surface area contributed by atoms with Gasteiger partial charge >= 0.3 is 6.09 Å². The highest BCUT2D eigenvalue weighted by Crippen LogP contribution is 2.56. The van der Waals surface area contributed by atoms with Crippen LogP contribution in [-0.4, -0.2) is 63.3 Å². The fraction of sp³-hybridized carbons (Fsp3) is 0.577. The molecule has 9 nitrogen and oxygen atoms in total. The molecule has 35 heavy (non-hydrogen) atoms. The SMILES string of the molecule is C[C@@H]1CN(c2ncnc3c2C2(CCC2)CN3c2cc(C#N)ccn2)[C@H](C)CN1C(=O)OC(C)(C)C. The zero-order valence-corrected chi connectivity index (χ0v) is 21.2. The molecule has 2 aliphatic heterocycles. The third kappa shape index (κ3) is 4.05. The van der Waals surface area contributed by atoms with Crippen molar-refractivity contribution in [1.29, 1.82) is 5.26 Å². The van der Waals surface area contributed by atoms with E-state index in [0.717, 1.165) is 36.8 Å². The van der Waals surface area contributed by atoms with Crippen molar-refractivity contribution in [2.75, 3.05) is 29.4 Å². The molecule has 2 aromatic heterocycles. The predicted molar refractivity (Wildman–Crippen MR) is 133 cm³/mol. The first kappa shape index (κ1) is 23.3. The fourth-order valence-electron chi connectivity index (χ4n) is 5.55. The molecule has 1 amide bonds. The molecule has 1 saturated heterocycles. The number of hydrogen-bond donors (Lipinski definition) is 0. The molecule has 5 rings (SSSR count). The molecule has 9 heteroatoms. The summed E-state index contributed by atoms with van der Waals surface area (Å²) >= 11 is 0. The Kier molecular flexibility index (Phi) is 5.58. The number of pyridine rings is 1. The molecule has 0 unspecified atom stereocenters. The minimum absolute atomic E-state index is 0.0124. The van der Waals surface area contributed by atoms with E-state index in [1.807, 2.05) is 31.7 Å². The van der Waals surface area contributed by atoms with Crippen LogP contribution in [0, 0.1) is 11.3 Å². The van der Waals surface area contributed by atoms with Gasteiger partial charge < -0.3 is 19.4 Å². The van der Waals surface area contributed by atoms with Crippen LogP contribution < -0.4 is 9.80 Å². The predicted octanol–water partition coefficient (Wildman–Crippen LogP) is 4.15. The second-order valence-corrected chi connectivity index (χ2v) is 11.1. The average molecular weight is 476 g/mol. The molecule has 0 bridgehead atoms. The van der Waals surface area contributed by atoms with Crippen LogP contribution in [0.15, 0.2) is 24.7 Å². The van der Waals surface area contributed by atoms with Gasteiger partial charge in [0, 0.05) is 48.9 Å². The van der Waals surface area contributed by atoms with Gasteiger partial charge in [0.25, 0.3) is 0 Å². The molecule has 0 N–H and O–H groups in total. The second kappa shape index (κ2) is 8.36. The molecule has 4 heterocycles. The molecule has 0 radical (unpaired) electrons. The maximum atomic E-state index is 12.8. The van der Waals surface area contributed by atoms with E-state index in [2.05, 4.69) is 34.7 Å². The minimum Gasteiger partial charge on any atom is -0.444 e. The molecule has 3 aliphatic rings. The summed E-state index contributed by atoms with van der Waals surface area (Å²) in [7, 11) is 0. The van der Waals surface area contributed by atoms with Gasteiger partial charge in [0.15, 0.2) is 0 Å². The number of piperazine rings is 1. The van der Waals surface area contributed by atoms with E-state index in [0.29, 0.717) is 18.7 Å². The van der Waals surface area contributed by atoms with E-state index < -0.39 is 5.60 Å². The van der Waals surface area contributed by atoms with Gasteiger partial charge in [0.2, 0.25) is 0 Å². The van der Waals surface area contributed by atoms with Crippen molar-refractivity contribution >= 4 is 23.5 Å². The van der Waals surface area contributed by atoms with Crippen molar-refractivity contribution in [2.45, 2.75) is 77.0 Å². The number of nitrogens with zero attached hydrogens (tertiary/aromatic N) is 7. The third-order valence-corrected chi connectivity index (χ3v) is 7.40. The Morgan fingerprint density at radius 1 is 1.14 bits per heavy atom. The zero-order chi connectivity index (χ0) is 25.0. The first-order valence-electron chi connectivity index (χ1n) is 12.4. The van der Waals surface area contributed by atoms with Gasteiger partial charge in [-0.05, 0) is 59.6 Å². The Morgan fingerprint density at radius 2 is 1.89 bits per heavy atom. The molecular weight excluding hydrogens is 442 g/mol. The quantitative estimate of drug-likeness (QED) is 0.639. The highest BCUT2D eigenvalue weighted by Gasteiger charge is 2.52. The number of anilines is 3. The van der Waals surface area contributed by atoms with Gasteiger partial charge in [-0.25, -0.2) is 19.7 Å². The smallest absolute Gasteiger partial charge is 0.410 e. The first-order chi connectivity index (χ1) is 16.6. The maximum absolute atomic E-state index is 12.8. The molecule has 1 aliphatic carbocycles. The molecular formula is C26H33N7O2. The van der Waals surface area contributed by atoms with E-state index in [-0.39, 0.29) is 23.6 Å². The largest absolute Gasteiger partial charge is 0.444 e. The monoisotopic (exact) mass is 475 g/mol. The Balaban J connectivity index is 1.48. The molecule has 2 fully saturated rings. The molecule has 1 spiro atoms. The highest BCUT2D eigenvalue weighted by atomic mass is 16.6. The van der Waals surface area contributed by atoms with Crippen LogP contribution in [-0.2, 0) is 10.2 Å². The van der Waals surface area contributed by atoms with Crippen LogP contribution in [0.3, 0.4) is 0 Å². The zero-order valence-electron chi connectivity index (χ0n) is 21.2. The summed E-state index contributed by atoms with van der Waals surface area (Å²) in [5.74, 6) is 2.58. The van der Waals surface area contributed by atoms with Gasteiger partial charge in [-0.15, -0.1) is 0 Å². The van der Waals surface area contributed by atoms with Crippen molar-refractivity contribution in [1.82, 2.24) is 19.9 Å². The summed E-state index contributed by atoms with van der Waals surface area (Å²) in [6.45, 7) is 11.9. The van der Waals surface area contributed by atoms with Gasteiger partial charge in [-0.2, -0.15) is 5.26 Å². The minimum atomic E-state index is -0.526. The van der Waals surface area contributed by atoms with Crippen LogP contribution in [0.4, 0.5) is 22.2 Å². The maximum Gasteiger partial charge on any atom is 0.410 e. The van der Waals surface area contributed by atoms with Crippen molar-refractivity contribution in [2.24, 2.45) is 0 Å². The number of hydrogen-bond acceptors (Lipinski definition) is 8. The van der Waals surface area contributed by atoms with Crippen molar-refractivity contribution in [3.05, 3.63) is 35.8 Å². The lowest BCUT2D eigenvalue weighted by Gasteiger charge is -2.46. The molecule has 2 aromatic rings. The summed E-state index contributed by atoms with van der Waals surface area (Å²) in [4.78, 5) is 33.2. The van der Waals surface area contributed by atoms with Crippen molar-refractivity contribution in [3.8, 4) is 6.07 Å². The van der Waals surface area contributed by atoms with Gasteiger partial charge in [0.05, 0.1) is 11.6 Å². The van der Waals surface area contributed by atoms with Gasteiger partial charge in [-0.3, -0.25) is 0 Å². The topological polar surface area (TPSA) is 98.5 Å². The Hall–Kier alpha value is -3.41. The van der Waals surface area contributed by atoms with E-state index in [1.54, 1.807) is 18.6 Å². The molecule has 1 saturated carbocycles. The number of rotatable bonds is 2. The lowest BCUT2D eigenvalue weighted by Crippen LogP contribution is -2.59. The molecule has 2 atom stereocenters. The van der Waals surface area contributed by atoms with Crippen LogP contribution in [0.25, 0.3) is 0 Å². The standard InChI is InChI=1S/C26H33N7O2/c1-17-14-32(24(34)35-25(3,4)5)18(2)13-31(17)22-21-23(30-16-29-22)33(15-26(21)8-6-9-26)20-11-19(12-27)7-10-28-20/h7,10-11,16-18H,6,8-9,13-15H2,1-5H3/t17-,18-/m1/s1. The summed E-state index contributed by atoms with van der Waals surface area (Å²) in [6, 6.07) is 5.82. The number of fused-ring (bicyclic) bond motifs is 2. The summed E-state index contributed by atoms with van der Waals surface area (Å²) < 4.78 is 5.66. The molecule has 0 aromatic carbocycles. The van der Waals surface area contributed by atoms with E-state index in [4.69, 9.17) is 14.7 Å². The lowest BCUT2D eigenvalue weighted by atomic mass is 9.66. The van der Waals surface area contributed by atoms with Crippen LogP contribution in [0.1, 0.15) is 65.0 Å². The number of aromatic nitrogens is 3. The molecule has 184 valence electrons. The van der Waals surface area contributed by atoms with E-state index in [9.17, 15) is 10.1 Å². The van der Waals surface area contributed by atoms with Gasteiger partial charge in [-0.1, -0.05) is 6.42 Å². The first-order valence-corrected chi connectivity index (χ1v) is 12.4. The van der Waals surface area contributed by atoms with Crippen LogP contribution >= 0.6 is 0 Å². The number of ether oxygens (including phenoxy) is 1.